The highest BCUT2D eigenvalue weighted by Gasteiger charge is 2.30. The number of para-hydroxylation sites is 1. The zero-order valence-corrected chi connectivity index (χ0v) is 24.8. The van der Waals surface area contributed by atoms with Gasteiger partial charge in [-0.1, -0.05) is 18.6 Å². The van der Waals surface area contributed by atoms with Gasteiger partial charge in [0.2, 0.25) is 0 Å². The highest BCUT2D eigenvalue weighted by Crippen LogP contribution is 2.37. The number of ether oxygens (including phenoxy) is 2. The molecule has 44 heavy (non-hydrogen) atoms. The van der Waals surface area contributed by atoms with Crippen molar-refractivity contribution in [2.45, 2.75) is 57.6 Å². The predicted octanol–water partition coefficient (Wildman–Crippen LogP) is 6.49. The molecule has 4 aromatic rings. The summed E-state index contributed by atoms with van der Waals surface area (Å²) in [5.41, 5.74) is 17.8. The summed E-state index contributed by atoms with van der Waals surface area (Å²) in [4.78, 5) is 16.2. The van der Waals surface area contributed by atoms with E-state index in [4.69, 9.17) is 20.9 Å². The number of hydrogen-bond donors (Lipinski definition) is 2. The van der Waals surface area contributed by atoms with Gasteiger partial charge in [0.15, 0.2) is 17.3 Å². The normalized spacial score (nSPS) is 17.2. The van der Waals surface area contributed by atoms with E-state index < -0.39 is 5.82 Å². The van der Waals surface area contributed by atoms with E-state index in [9.17, 15) is 9.18 Å². The van der Waals surface area contributed by atoms with Crippen LogP contribution in [-0.2, 0) is 6.42 Å². The number of rotatable bonds is 8. The van der Waals surface area contributed by atoms with Crippen molar-refractivity contribution in [2.24, 2.45) is 0 Å². The minimum atomic E-state index is -0.440. The van der Waals surface area contributed by atoms with Crippen LogP contribution in [0.4, 0.5) is 15.9 Å². The molecule has 0 atom stereocenters. The van der Waals surface area contributed by atoms with E-state index in [1.807, 2.05) is 31.2 Å². The Morgan fingerprint density at radius 2 is 1.77 bits per heavy atom. The number of carbonyl (C=O) groups is 1. The summed E-state index contributed by atoms with van der Waals surface area (Å²) in [6, 6.07) is 16.2. The van der Waals surface area contributed by atoms with E-state index >= 15 is 0 Å². The van der Waals surface area contributed by atoms with Crippen LogP contribution in [0.2, 0.25) is 0 Å². The molecule has 226 valence electrons. The summed E-state index contributed by atoms with van der Waals surface area (Å²) in [6.45, 7) is 3.99. The number of halogens is 1. The molecule has 2 heterocycles. The number of piperidine rings is 1. The van der Waals surface area contributed by atoms with Crippen LogP contribution in [0.1, 0.15) is 59.2 Å². The summed E-state index contributed by atoms with van der Waals surface area (Å²) >= 11 is 0. The van der Waals surface area contributed by atoms with Crippen molar-refractivity contribution in [2.75, 3.05) is 24.6 Å². The number of aryl methyl sites for hydroxylation is 1. The molecule has 8 nitrogen and oxygen atoms in total. The Bertz CT molecular complexity index is 1770. The number of nitrogen functional groups attached to an aromatic ring is 2. The van der Waals surface area contributed by atoms with Gasteiger partial charge in [-0.15, -0.1) is 0 Å². The quantitative estimate of drug-likeness (QED) is 0.177. The second kappa shape index (κ2) is 11.5. The molecular weight excluding hydrogens is 557 g/mol. The van der Waals surface area contributed by atoms with Gasteiger partial charge in [-0.2, -0.15) is 5.10 Å². The van der Waals surface area contributed by atoms with Crippen LogP contribution in [0.5, 0.6) is 17.2 Å². The molecule has 2 aliphatic carbocycles. The van der Waals surface area contributed by atoms with E-state index in [-0.39, 0.29) is 23.5 Å². The highest BCUT2D eigenvalue weighted by molar-refractivity contribution is 6.15. The Kier molecular flexibility index (Phi) is 7.34. The van der Waals surface area contributed by atoms with Crippen molar-refractivity contribution in [1.29, 1.82) is 0 Å². The zero-order valence-electron chi connectivity index (χ0n) is 24.8. The molecule has 1 saturated heterocycles. The SMILES string of the molecule is Cc1cc(-n2ncc(C(=O)C3=Cc4cc(OC5CCN(C6CCC6)CC5)c(N)cc4C3)c2N)ccc1Oc1ccccc1F. The fourth-order valence-corrected chi connectivity index (χ4v) is 6.37. The highest BCUT2D eigenvalue weighted by atomic mass is 19.1. The first kappa shape index (κ1) is 28.2. The summed E-state index contributed by atoms with van der Waals surface area (Å²) < 4.78 is 27.7. The molecule has 1 saturated carbocycles. The summed E-state index contributed by atoms with van der Waals surface area (Å²) in [5, 5.41) is 4.41. The van der Waals surface area contributed by atoms with Crippen molar-refractivity contribution in [1.82, 2.24) is 14.7 Å². The van der Waals surface area contributed by atoms with Crippen LogP contribution in [0.25, 0.3) is 11.8 Å². The number of nitrogens with zero attached hydrogens (tertiary/aromatic N) is 3. The number of hydrogen-bond acceptors (Lipinski definition) is 7. The molecule has 2 fully saturated rings. The fourth-order valence-electron chi connectivity index (χ4n) is 6.37. The zero-order chi connectivity index (χ0) is 30.4. The maximum atomic E-state index is 14.1. The van der Waals surface area contributed by atoms with E-state index in [2.05, 4.69) is 10.00 Å². The minimum Gasteiger partial charge on any atom is -0.488 e. The number of benzene rings is 3. The minimum absolute atomic E-state index is 0.144. The first-order valence-corrected chi connectivity index (χ1v) is 15.3. The molecule has 0 bridgehead atoms. The second-order valence-corrected chi connectivity index (χ2v) is 12.0. The summed E-state index contributed by atoms with van der Waals surface area (Å²) in [6.07, 6.45) is 10.00. The lowest BCUT2D eigenvalue weighted by Crippen LogP contribution is -2.46. The summed E-state index contributed by atoms with van der Waals surface area (Å²) in [5.74, 6) is 0.962. The van der Waals surface area contributed by atoms with Gasteiger partial charge < -0.3 is 25.8 Å². The lowest BCUT2D eigenvalue weighted by molar-refractivity contribution is 0.0496. The third-order valence-electron chi connectivity index (χ3n) is 9.15. The van der Waals surface area contributed by atoms with Crippen LogP contribution in [-0.4, -0.2) is 45.7 Å². The maximum Gasteiger partial charge on any atom is 0.194 e. The molecule has 3 aliphatic rings. The van der Waals surface area contributed by atoms with Crippen LogP contribution in [0.3, 0.4) is 0 Å². The molecule has 0 amide bonds. The third-order valence-corrected chi connectivity index (χ3v) is 9.15. The number of aromatic nitrogens is 2. The number of fused-ring (bicyclic) bond motifs is 1. The van der Waals surface area contributed by atoms with E-state index in [1.54, 1.807) is 30.3 Å². The number of likely N-dealkylation sites (tertiary alicyclic amines) is 1. The first-order chi connectivity index (χ1) is 21.3. The summed E-state index contributed by atoms with van der Waals surface area (Å²) in [7, 11) is 0. The molecule has 7 rings (SSSR count). The molecule has 1 aliphatic heterocycles. The smallest absolute Gasteiger partial charge is 0.194 e. The van der Waals surface area contributed by atoms with Crippen molar-refractivity contribution in [3.8, 4) is 22.9 Å². The lowest BCUT2D eigenvalue weighted by atomic mass is 9.90. The van der Waals surface area contributed by atoms with Gasteiger partial charge in [-0.25, -0.2) is 9.07 Å². The Hall–Kier alpha value is -4.63. The largest absolute Gasteiger partial charge is 0.488 e. The molecule has 0 unspecified atom stereocenters. The monoisotopic (exact) mass is 593 g/mol. The standard InChI is InChI=1S/C35H36FN5O3/c1-21-15-26(9-10-31(21)44-32-8-3-2-7-29(32)36)41-35(38)28(20-39-41)34(42)24-16-22-18-30(37)33(19-23(22)17-24)43-27-11-13-40(14-12-27)25-5-4-6-25/h2-3,7-10,15,17-20,25,27H,4-6,11-14,16,37-38H2,1H3. The molecule has 3 aromatic carbocycles. The number of ketones is 1. The van der Waals surface area contributed by atoms with Gasteiger partial charge >= 0.3 is 0 Å². The topological polar surface area (TPSA) is 109 Å². The number of allylic oxidation sites excluding steroid dienone is 1. The fraction of sp³-hybridized carbons (Fsp3) is 0.314. The van der Waals surface area contributed by atoms with Crippen molar-refractivity contribution in [3.63, 3.8) is 0 Å². The van der Waals surface area contributed by atoms with E-state index in [0.29, 0.717) is 40.4 Å². The van der Waals surface area contributed by atoms with Gasteiger partial charge in [-0.3, -0.25) is 4.79 Å². The predicted molar refractivity (Wildman–Crippen MR) is 169 cm³/mol. The van der Waals surface area contributed by atoms with Gasteiger partial charge in [0.1, 0.15) is 23.4 Å². The number of carbonyl (C=O) groups excluding carboxylic acids is 1. The molecule has 0 spiro atoms. The second-order valence-electron chi connectivity index (χ2n) is 12.0. The van der Waals surface area contributed by atoms with Crippen molar-refractivity contribution < 1.29 is 18.7 Å². The Labute approximate surface area is 256 Å². The molecule has 0 radical (unpaired) electrons. The third kappa shape index (κ3) is 5.32. The molecule has 4 N–H and O–H groups in total. The Morgan fingerprint density at radius 3 is 2.50 bits per heavy atom. The van der Waals surface area contributed by atoms with Crippen LogP contribution < -0.4 is 20.9 Å². The van der Waals surface area contributed by atoms with Crippen molar-refractivity contribution in [3.05, 3.63) is 94.4 Å². The Morgan fingerprint density at radius 1 is 0.977 bits per heavy atom. The van der Waals surface area contributed by atoms with Crippen LogP contribution in [0, 0.1) is 12.7 Å². The van der Waals surface area contributed by atoms with Gasteiger partial charge in [0.25, 0.3) is 0 Å². The number of nitrogens with two attached hydrogens (primary N) is 2. The molecule has 9 heteroatoms. The van der Waals surface area contributed by atoms with Crippen molar-refractivity contribution >= 4 is 23.4 Å². The van der Waals surface area contributed by atoms with E-state index in [1.165, 1.54) is 36.2 Å². The number of Topliss-reactive ketones (excluding diaryl/α,β-unsaturated/α-hetero) is 1. The average Bonchev–Trinajstić information content (AvgIpc) is 3.58. The molecule has 1 aromatic heterocycles. The van der Waals surface area contributed by atoms with E-state index in [0.717, 1.165) is 48.7 Å². The first-order valence-electron chi connectivity index (χ1n) is 15.3. The average molecular weight is 594 g/mol. The van der Waals surface area contributed by atoms with Gasteiger partial charge in [0.05, 0.1) is 23.1 Å². The van der Waals surface area contributed by atoms with Crippen LogP contribution in [0.15, 0.2) is 66.4 Å². The Balaban J connectivity index is 1.04. The van der Waals surface area contributed by atoms with Crippen LogP contribution >= 0.6 is 0 Å². The molecular formula is C35H36FN5O3. The van der Waals surface area contributed by atoms with Gasteiger partial charge in [0, 0.05) is 31.1 Å². The number of anilines is 2. The lowest BCUT2D eigenvalue weighted by Gasteiger charge is -2.41. The van der Waals surface area contributed by atoms with Gasteiger partial charge in [-0.05, 0) is 97.8 Å². The maximum absolute atomic E-state index is 14.1.